The number of rotatable bonds is 5. The van der Waals surface area contributed by atoms with Crippen molar-refractivity contribution in [3.05, 3.63) is 33.8 Å². The van der Waals surface area contributed by atoms with Crippen LogP contribution in [0.4, 0.5) is 0 Å². The van der Waals surface area contributed by atoms with Gasteiger partial charge in [0.15, 0.2) is 0 Å². The lowest BCUT2D eigenvalue weighted by Gasteiger charge is -2.20. The summed E-state index contributed by atoms with van der Waals surface area (Å²) in [7, 11) is 1.76. The summed E-state index contributed by atoms with van der Waals surface area (Å²) in [5, 5.41) is 3.69. The first-order valence-electron chi connectivity index (χ1n) is 6.24. The van der Waals surface area contributed by atoms with E-state index in [-0.39, 0.29) is 0 Å². The van der Waals surface area contributed by atoms with Gasteiger partial charge in [-0.25, -0.2) is 0 Å². The molecule has 0 bridgehead atoms. The second-order valence-electron chi connectivity index (χ2n) is 4.78. The maximum atomic E-state index is 5.12. The van der Waals surface area contributed by atoms with Crippen molar-refractivity contribution in [1.29, 1.82) is 0 Å². The van der Waals surface area contributed by atoms with Crippen LogP contribution in [-0.4, -0.2) is 19.8 Å². The van der Waals surface area contributed by atoms with Crippen LogP contribution in [0.3, 0.4) is 0 Å². The third-order valence-corrected chi connectivity index (χ3v) is 3.92. The fourth-order valence-corrected chi connectivity index (χ4v) is 2.89. The number of nitrogens with one attached hydrogen (secondary N) is 1. The Balaban J connectivity index is 1.97. The van der Waals surface area contributed by atoms with E-state index < -0.39 is 0 Å². The van der Waals surface area contributed by atoms with Crippen molar-refractivity contribution in [2.45, 2.75) is 38.3 Å². The molecule has 1 aliphatic rings. The van der Waals surface area contributed by atoms with Crippen molar-refractivity contribution < 1.29 is 4.74 Å². The summed E-state index contributed by atoms with van der Waals surface area (Å²) in [5.41, 5.74) is 2.95. The minimum absolute atomic E-state index is 0.509. The lowest BCUT2D eigenvalue weighted by molar-refractivity contribution is 0.182. The predicted octanol–water partition coefficient (Wildman–Crippen LogP) is 3.45. The molecule has 1 aromatic carbocycles. The molecule has 2 nitrogen and oxygen atoms in total. The van der Waals surface area contributed by atoms with E-state index in [1.807, 2.05) is 0 Å². The first-order chi connectivity index (χ1) is 8.20. The zero-order chi connectivity index (χ0) is 12.3. The normalized spacial score (nSPS) is 20.3. The number of hydrogen-bond acceptors (Lipinski definition) is 2. The third kappa shape index (κ3) is 3.30. The average molecular weight is 298 g/mol. The predicted molar refractivity (Wildman–Crippen MR) is 74.3 cm³/mol. The van der Waals surface area contributed by atoms with E-state index in [0.29, 0.717) is 12.1 Å². The highest BCUT2D eigenvalue weighted by Gasteiger charge is 2.23. The van der Waals surface area contributed by atoms with Gasteiger partial charge < -0.3 is 10.1 Å². The second kappa shape index (κ2) is 5.98. The van der Waals surface area contributed by atoms with E-state index in [1.165, 1.54) is 28.4 Å². The molecule has 2 unspecified atom stereocenters. The molecule has 94 valence electrons. The number of fused-ring (bicyclic) bond motifs is 1. The molecule has 17 heavy (non-hydrogen) atoms. The van der Waals surface area contributed by atoms with E-state index in [1.54, 1.807) is 7.11 Å². The molecular formula is C14H20BrNO. The summed E-state index contributed by atoms with van der Waals surface area (Å²) in [6.07, 6.45) is 3.46. The molecule has 0 saturated carbocycles. The van der Waals surface area contributed by atoms with Gasteiger partial charge in [-0.3, -0.25) is 0 Å². The van der Waals surface area contributed by atoms with Crippen molar-refractivity contribution in [2.24, 2.45) is 0 Å². The van der Waals surface area contributed by atoms with Crippen molar-refractivity contribution in [3.8, 4) is 0 Å². The van der Waals surface area contributed by atoms with Gasteiger partial charge in [0.2, 0.25) is 0 Å². The minimum atomic E-state index is 0.509. The molecule has 2 atom stereocenters. The first kappa shape index (κ1) is 13.1. The van der Waals surface area contributed by atoms with E-state index in [0.717, 1.165) is 13.0 Å². The summed E-state index contributed by atoms with van der Waals surface area (Å²) in [6.45, 7) is 3.06. The molecule has 3 heteroatoms. The van der Waals surface area contributed by atoms with E-state index in [9.17, 15) is 0 Å². The monoisotopic (exact) mass is 297 g/mol. The lowest BCUT2D eigenvalue weighted by atomic mass is 10.1. The highest BCUT2D eigenvalue weighted by molar-refractivity contribution is 9.10. The molecule has 0 aliphatic heterocycles. The van der Waals surface area contributed by atoms with E-state index in [4.69, 9.17) is 4.74 Å². The van der Waals surface area contributed by atoms with Gasteiger partial charge in [-0.1, -0.05) is 22.0 Å². The average Bonchev–Trinajstić information content (AvgIpc) is 2.69. The Morgan fingerprint density at radius 3 is 3.12 bits per heavy atom. The molecule has 0 amide bonds. The van der Waals surface area contributed by atoms with Gasteiger partial charge in [0, 0.05) is 30.3 Å². The van der Waals surface area contributed by atoms with Crippen LogP contribution in [0.1, 0.15) is 36.9 Å². The fourth-order valence-electron chi connectivity index (χ4n) is 2.48. The topological polar surface area (TPSA) is 21.3 Å². The van der Waals surface area contributed by atoms with Gasteiger partial charge in [0.05, 0.1) is 0 Å². The zero-order valence-corrected chi connectivity index (χ0v) is 12.1. The summed E-state index contributed by atoms with van der Waals surface area (Å²) in [5.74, 6) is 0. The number of halogens is 1. The number of ether oxygens (including phenoxy) is 1. The largest absolute Gasteiger partial charge is 0.385 e. The van der Waals surface area contributed by atoms with Crippen LogP contribution in [0.15, 0.2) is 22.7 Å². The Morgan fingerprint density at radius 1 is 1.53 bits per heavy atom. The van der Waals surface area contributed by atoms with Gasteiger partial charge in [0.1, 0.15) is 0 Å². The smallest absolute Gasteiger partial charge is 0.0476 e. The van der Waals surface area contributed by atoms with Crippen LogP contribution in [-0.2, 0) is 11.2 Å². The second-order valence-corrected chi connectivity index (χ2v) is 5.70. The number of benzene rings is 1. The quantitative estimate of drug-likeness (QED) is 0.899. The number of hydrogen-bond donors (Lipinski definition) is 1. The van der Waals surface area contributed by atoms with Crippen LogP contribution < -0.4 is 5.32 Å². The summed E-state index contributed by atoms with van der Waals surface area (Å²) in [6, 6.07) is 7.65. The highest BCUT2D eigenvalue weighted by atomic mass is 79.9. The van der Waals surface area contributed by atoms with Gasteiger partial charge >= 0.3 is 0 Å². The molecule has 0 fully saturated rings. The molecule has 0 radical (unpaired) electrons. The minimum Gasteiger partial charge on any atom is -0.385 e. The van der Waals surface area contributed by atoms with Crippen molar-refractivity contribution in [1.82, 2.24) is 5.32 Å². The third-order valence-electron chi connectivity index (χ3n) is 3.42. The van der Waals surface area contributed by atoms with Gasteiger partial charge in [-0.05, 0) is 49.4 Å². The Bertz CT molecular complexity index is 380. The van der Waals surface area contributed by atoms with Crippen LogP contribution in [0, 0.1) is 0 Å². The van der Waals surface area contributed by atoms with Gasteiger partial charge in [0.25, 0.3) is 0 Å². The Hall–Kier alpha value is -0.380. The van der Waals surface area contributed by atoms with Crippen molar-refractivity contribution in [2.75, 3.05) is 13.7 Å². The zero-order valence-electron chi connectivity index (χ0n) is 10.5. The Morgan fingerprint density at radius 2 is 2.35 bits per heavy atom. The maximum Gasteiger partial charge on any atom is 0.0476 e. The van der Waals surface area contributed by atoms with Crippen LogP contribution in [0.5, 0.6) is 0 Å². The van der Waals surface area contributed by atoms with E-state index in [2.05, 4.69) is 46.4 Å². The molecule has 0 spiro atoms. The number of aryl methyl sites for hydroxylation is 1. The Kier molecular flexibility index (Phi) is 4.60. The maximum absolute atomic E-state index is 5.12. The molecular weight excluding hydrogens is 278 g/mol. The molecule has 0 heterocycles. The van der Waals surface area contributed by atoms with Crippen LogP contribution in [0.25, 0.3) is 0 Å². The summed E-state index contributed by atoms with van der Waals surface area (Å²) < 4.78 is 6.30. The molecule has 0 aromatic heterocycles. The van der Waals surface area contributed by atoms with Gasteiger partial charge in [-0.2, -0.15) is 0 Å². The fraction of sp³-hybridized carbons (Fsp3) is 0.571. The van der Waals surface area contributed by atoms with Crippen molar-refractivity contribution >= 4 is 15.9 Å². The Labute approximate surface area is 112 Å². The molecule has 2 rings (SSSR count). The molecule has 1 N–H and O–H groups in total. The van der Waals surface area contributed by atoms with Gasteiger partial charge in [-0.15, -0.1) is 0 Å². The standard InChI is InChI=1S/C14H20BrNO/c1-10(7-8-17-2)16-14-6-3-11-9-12(15)4-5-13(11)14/h4-5,9-10,14,16H,3,6-8H2,1-2H3. The number of methoxy groups -OCH3 is 1. The molecule has 0 saturated heterocycles. The SMILES string of the molecule is COCCC(C)NC1CCc2cc(Br)ccc21. The first-order valence-corrected chi connectivity index (χ1v) is 7.03. The lowest BCUT2D eigenvalue weighted by Crippen LogP contribution is -2.30. The summed E-state index contributed by atoms with van der Waals surface area (Å²) >= 11 is 3.53. The van der Waals surface area contributed by atoms with Crippen molar-refractivity contribution in [3.63, 3.8) is 0 Å². The molecule has 1 aliphatic carbocycles. The van der Waals surface area contributed by atoms with Crippen LogP contribution >= 0.6 is 15.9 Å². The highest BCUT2D eigenvalue weighted by Crippen LogP contribution is 2.33. The molecule has 1 aromatic rings. The van der Waals surface area contributed by atoms with Crippen LogP contribution in [0.2, 0.25) is 0 Å². The van der Waals surface area contributed by atoms with E-state index >= 15 is 0 Å². The summed E-state index contributed by atoms with van der Waals surface area (Å²) in [4.78, 5) is 0.